The van der Waals surface area contributed by atoms with Crippen LogP contribution in [0.3, 0.4) is 0 Å². The molecule has 0 spiro atoms. The van der Waals surface area contributed by atoms with E-state index in [1.54, 1.807) is 20.3 Å². The van der Waals surface area contributed by atoms with E-state index in [2.05, 4.69) is 0 Å². The molecule has 3 nitrogen and oxygen atoms in total. The monoisotopic (exact) mass is 298 g/mol. The number of aliphatic hydroxyl groups excluding tert-OH is 1. The van der Waals surface area contributed by atoms with Crippen molar-refractivity contribution in [1.29, 1.82) is 0 Å². The zero-order valence-corrected chi connectivity index (χ0v) is 12.3. The van der Waals surface area contributed by atoms with Gasteiger partial charge >= 0.3 is 0 Å². The van der Waals surface area contributed by atoms with Gasteiger partial charge in [-0.15, -0.1) is 11.3 Å². The van der Waals surface area contributed by atoms with Crippen molar-refractivity contribution in [1.82, 2.24) is 0 Å². The Morgan fingerprint density at radius 1 is 1.21 bits per heavy atom. The van der Waals surface area contributed by atoms with Gasteiger partial charge in [-0.05, 0) is 24.3 Å². The predicted molar refractivity (Wildman–Crippen MR) is 77.5 cm³/mol. The maximum atomic E-state index is 10.3. The minimum atomic E-state index is -0.629. The van der Waals surface area contributed by atoms with Gasteiger partial charge in [-0.1, -0.05) is 11.6 Å². The summed E-state index contributed by atoms with van der Waals surface area (Å²) in [5.74, 6) is 1.32. The summed E-state index contributed by atoms with van der Waals surface area (Å²) < 4.78 is 11.2. The molecule has 19 heavy (non-hydrogen) atoms. The van der Waals surface area contributed by atoms with Crippen molar-refractivity contribution in [3.05, 3.63) is 45.1 Å². The molecule has 1 heterocycles. The van der Waals surface area contributed by atoms with Crippen molar-refractivity contribution < 1.29 is 14.6 Å². The lowest BCUT2D eigenvalue weighted by molar-refractivity contribution is 0.175. The quantitative estimate of drug-likeness (QED) is 0.915. The van der Waals surface area contributed by atoms with Crippen molar-refractivity contribution in [3.63, 3.8) is 0 Å². The van der Waals surface area contributed by atoms with Crippen LogP contribution in [0.1, 0.15) is 16.5 Å². The van der Waals surface area contributed by atoms with Gasteiger partial charge in [-0.2, -0.15) is 0 Å². The van der Waals surface area contributed by atoms with Crippen LogP contribution in [0.4, 0.5) is 0 Å². The second-order valence-electron chi connectivity index (χ2n) is 4.03. The number of halogens is 1. The van der Waals surface area contributed by atoms with E-state index in [1.165, 1.54) is 11.3 Å². The lowest BCUT2D eigenvalue weighted by atomic mass is 10.0. The molecule has 2 rings (SSSR count). The normalized spacial score (nSPS) is 12.2. The first-order chi connectivity index (χ1) is 9.13. The van der Waals surface area contributed by atoms with Gasteiger partial charge in [-0.3, -0.25) is 0 Å². The van der Waals surface area contributed by atoms with Gasteiger partial charge in [0.2, 0.25) is 0 Å². The second kappa shape index (κ2) is 6.28. The van der Waals surface area contributed by atoms with Crippen LogP contribution < -0.4 is 9.47 Å². The fourth-order valence-electron chi connectivity index (χ4n) is 1.86. The molecule has 0 radical (unpaired) electrons. The van der Waals surface area contributed by atoms with Crippen LogP contribution in [-0.2, 0) is 6.42 Å². The Balaban J connectivity index is 2.20. The summed E-state index contributed by atoms with van der Waals surface area (Å²) in [6.45, 7) is 0. The van der Waals surface area contributed by atoms with E-state index in [1.807, 2.05) is 24.3 Å². The maximum absolute atomic E-state index is 10.3. The topological polar surface area (TPSA) is 38.7 Å². The Morgan fingerprint density at radius 3 is 2.58 bits per heavy atom. The van der Waals surface area contributed by atoms with Crippen molar-refractivity contribution in [3.8, 4) is 11.5 Å². The van der Waals surface area contributed by atoms with Crippen LogP contribution in [0.15, 0.2) is 30.3 Å². The summed E-state index contributed by atoms with van der Waals surface area (Å²) in [6.07, 6.45) is -0.115. The van der Waals surface area contributed by atoms with Gasteiger partial charge < -0.3 is 14.6 Å². The fraction of sp³-hybridized carbons (Fsp3) is 0.286. The fourth-order valence-corrected chi connectivity index (χ4v) is 2.98. The number of ether oxygens (including phenoxy) is 2. The van der Waals surface area contributed by atoms with Gasteiger partial charge in [0.25, 0.3) is 0 Å². The highest BCUT2D eigenvalue weighted by Gasteiger charge is 2.15. The van der Waals surface area contributed by atoms with Gasteiger partial charge in [0, 0.05) is 22.9 Å². The number of hydrogen-bond acceptors (Lipinski definition) is 4. The van der Waals surface area contributed by atoms with Crippen molar-refractivity contribution >= 4 is 22.9 Å². The lowest BCUT2D eigenvalue weighted by Crippen LogP contribution is -2.03. The molecule has 0 saturated carbocycles. The van der Waals surface area contributed by atoms with Crippen LogP contribution >= 0.6 is 22.9 Å². The molecule has 1 N–H and O–H groups in total. The van der Waals surface area contributed by atoms with E-state index in [0.29, 0.717) is 17.9 Å². The third-order valence-electron chi connectivity index (χ3n) is 2.82. The first-order valence-electron chi connectivity index (χ1n) is 5.78. The van der Waals surface area contributed by atoms with Crippen LogP contribution in [0.25, 0.3) is 0 Å². The van der Waals surface area contributed by atoms with Crippen LogP contribution in [-0.4, -0.2) is 19.3 Å². The molecule has 0 saturated heterocycles. The molecule has 1 unspecified atom stereocenters. The number of benzene rings is 1. The van der Waals surface area contributed by atoms with Crippen LogP contribution in [0.2, 0.25) is 4.34 Å². The molecule has 0 aliphatic carbocycles. The average Bonchev–Trinajstić information content (AvgIpc) is 2.83. The van der Waals surface area contributed by atoms with Gasteiger partial charge in [-0.25, -0.2) is 0 Å². The molecular weight excluding hydrogens is 284 g/mol. The number of methoxy groups -OCH3 is 2. The van der Waals surface area contributed by atoms with E-state index in [-0.39, 0.29) is 0 Å². The van der Waals surface area contributed by atoms with Gasteiger partial charge in [0.15, 0.2) is 0 Å². The first kappa shape index (κ1) is 14.2. The molecule has 102 valence electrons. The molecule has 0 fully saturated rings. The molecule has 1 atom stereocenters. The van der Waals surface area contributed by atoms with E-state index < -0.39 is 6.10 Å². The number of aliphatic hydroxyl groups is 1. The zero-order chi connectivity index (χ0) is 13.8. The van der Waals surface area contributed by atoms with Crippen molar-refractivity contribution in [2.24, 2.45) is 0 Å². The second-order valence-corrected chi connectivity index (χ2v) is 5.83. The van der Waals surface area contributed by atoms with Gasteiger partial charge in [0.1, 0.15) is 11.5 Å². The van der Waals surface area contributed by atoms with E-state index >= 15 is 0 Å². The average molecular weight is 299 g/mol. The molecule has 0 bridgehead atoms. The van der Waals surface area contributed by atoms with E-state index in [4.69, 9.17) is 21.1 Å². The summed E-state index contributed by atoms with van der Waals surface area (Å²) >= 11 is 7.36. The smallest absolute Gasteiger partial charge is 0.128 e. The van der Waals surface area contributed by atoms with Crippen LogP contribution in [0, 0.1) is 0 Å². The minimum Gasteiger partial charge on any atom is -0.497 e. The molecule has 2 aromatic rings. The Kier molecular flexibility index (Phi) is 4.69. The Morgan fingerprint density at radius 2 is 2.00 bits per heavy atom. The summed E-state index contributed by atoms with van der Waals surface area (Å²) in [4.78, 5) is 1.04. The minimum absolute atomic E-state index is 0.514. The van der Waals surface area contributed by atoms with Crippen LogP contribution in [0.5, 0.6) is 11.5 Å². The highest BCUT2D eigenvalue weighted by molar-refractivity contribution is 7.16. The van der Waals surface area contributed by atoms with Gasteiger partial charge in [0.05, 0.1) is 24.7 Å². The van der Waals surface area contributed by atoms with Crippen molar-refractivity contribution in [2.75, 3.05) is 14.2 Å². The third-order valence-corrected chi connectivity index (χ3v) is 4.08. The highest BCUT2D eigenvalue weighted by atomic mass is 35.5. The number of rotatable bonds is 5. The highest BCUT2D eigenvalue weighted by Crippen LogP contribution is 2.33. The SMILES string of the molecule is COc1ccc(C(O)Cc2ccc(Cl)s2)c(OC)c1. The standard InChI is InChI=1S/C14H15ClO3S/c1-17-9-3-5-11(13(7-9)18-2)12(16)8-10-4-6-14(15)19-10/h3-7,12,16H,8H2,1-2H3. The lowest BCUT2D eigenvalue weighted by Gasteiger charge is -2.15. The summed E-state index contributed by atoms with van der Waals surface area (Å²) in [5, 5.41) is 10.3. The molecular formula is C14H15ClO3S. The summed E-state index contributed by atoms with van der Waals surface area (Å²) in [5.41, 5.74) is 0.743. The zero-order valence-electron chi connectivity index (χ0n) is 10.7. The molecule has 1 aromatic carbocycles. The largest absolute Gasteiger partial charge is 0.497 e. The Labute approximate surface area is 121 Å². The molecule has 1 aromatic heterocycles. The summed E-state index contributed by atoms with van der Waals surface area (Å²) in [7, 11) is 3.17. The Hall–Kier alpha value is -1.23. The number of hydrogen-bond donors (Lipinski definition) is 1. The van der Waals surface area contributed by atoms with E-state index in [9.17, 15) is 5.11 Å². The molecule has 0 aliphatic heterocycles. The predicted octanol–water partition coefficient (Wildman–Crippen LogP) is 3.69. The van der Waals surface area contributed by atoms with E-state index in [0.717, 1.165) is 14.8 Å². The molecule has 0 amide bonds. The Bertz CT molecular complexity index is 553. The maximum Gasteiger partial charge on any atom is 0.128 e. The number of thiophene rings is 1. The molecule has 0 aliphatic rings. The van der Waals surface area contributed by atoms with Crippen molar-refractivity contribution in [2.45, 2.75) is 12.5 Å². The third kappa shape index (κ3) is 3.41. The first-order valence-corrected chi connectivity index (χ1v) is 6.97. The molecule has 5 heteroatoms. The summed E-state index contributed by atoms with van der Waals surface area (Å²) in [6, 6.07) is 9.14.